The molecule has 1 amide bonds. The number of rotatable bonds is 3. The minimum Gasteiger partial charge on any atom is -0.378 e. The molecular formula is C18H16ClFN4O2S. The number of ether oxygens (including phenoxy) is 1. The molecule has 1 aromatic heterocycles. The third-order valence-corrected chi connectivity index (χ3v) is 6.14. The summed E-state index contributed by atoms with van der Waals surface area (Å²) >= 11 is 7.01. The Labute approximate surface area is 164 Å². The van der Waals surface area contributed by atoms with Gasteiger partial charge in [0.25, 0.3) is 5.91 Å². The number of carbonyl (C=O) groups is 1. The fourth-order valence-corrected chi connectivity index (χ4v) is 4.63. The number of anilines is 1. The molecule has 0 aliphatic carbocycles. The lowest BCUT2D eigenvalue weighted by Crippen LogP contribution is -2.38. The molecule has 6 nitrogen and oxygen atoms in total. The maximum atomic E-state index is 14.7. The van der Waals surface area contributed by atoms with Crippen molar-refractivity contribution in [2.24, 2.45) is 16.6 Å². The molecule has 0 saturated carbocycles. The second-order valence-corrected chi connectivity index (χ2v) is 7.96. The Morgan fingerprint density at radius 3 is 3.04 bits per heavy atom. The van der Waals surface area contributed by atoms with Crippen LogP contribution in [0.3, 0.4) is 0 Å². The lowest BCUT2D eigenvalue weighted by molar-refractivity contribution is 0.0561. The molecule has 3 heterocycles. The highest BCUT2D eigenvalue weighted by molar-refractivity contribution is 8.14. The molecule has 1 fully saturated rings. The van der Waals surface area contributed by atoms with Crippen molar-refractivity contribution in [2.75, 3.05) is 18.5 Å². The number of pyridine rings is 1. The van der Waals surface area contributed by atoms with Gasteiger partial charge in [0.05, 0.1) is 5.02 Å². The van der Waals surface area contributed by atoms with Crippen molar-refractivity contribution >= 4 is 40.1 Å². The van der Waals surface area contributed by atoms with Gasteiger partial charge in [0, 0.05) is 36.5 Å². The zero-order chi connectivity index (χ0) is 19.0. The molecule has 1 saturated heterocycles. The van der Waals surface area contributed by atoms with Gasteiger partial charge in [-0.15, -0.1) is 0 Å². The van der Waals surface area contributed by atoms with Gasteiger partial charge in [-0.25, -0.2) is 9.37 Å². The molecule has 140 valence electrons. The molecule has 2 aliphatic rings. The van der Waals surface area contributed by atoms with Crippen molar-refractivity contribution < 1.29 is 13.9 Å². The van der Waals surface area contributed by atoms with Gasteiger partial charge in [-0.05, 0) is 48.5 Å². The fourth-order valence-electron chi connectivity index (χ4n) is 3.30. The first-order valence-corrected chi connectivity index (χ1v) is 9.53. The van der Waals surface area contributed by atoms with Crippen molar-refractivity contribution in [3.8, 4) is 0 Å². The lowest BCUT2D eigenvalue weighted by Gasteiger charge is -2.36. The van der Waals surface area contributed by atoms with Gasteiger partial charge < -0.3 is 15.8 Å². The monoisotopic (exact) mass is 406 g/mol. The van der Waals surface area contributed by atoms with Crippen LogP contribution in [0.25, 0.3) is 0 Å². The van der Waals surface area contributed by atoms with Crippen LogP contribution in [-0.4, -0.2) is 29.2 Å². The van der Waals surface area contributed by atoms with Crippen molar-refractivity contribution in [3.63, 3.8) is 0 Å². The Balaban J connectivity index is 1.65. The molecule has 0 spiro atoms. The summed E-state index contributed by atoms with van der Waals surface area (Å²) in [6, 6.07) is 7.50. The number of fused-ring (bicyclic) bond motifs is 1. The second-order valence-electron chi connectivity index (χ2n) is 6.29. The fraction of sp³-hybridized carbons (Fsp3) is 0.278. The third kappa shape index (κ3) is 3.40. The predicted octanol–water partition coefficient (Wildman–Crippen LogP) is 3.38. The number of aromatic nitrogens is 1. The summed E-state index contributed by atoms with van der Waals surface area (Å²) in [5.74, 6) is -0.803. The number of hydrogen-bond donors (Lipinski definition) is 2. The highest BCUT2D eigenvalue weighted by atomic mass is 35.5. The van der Waals surface area contributed by atoms with Crippen molar-refractivity contribution in [1.29, 1.82) is 0 Å². The SMILES string of the molecule is NC1=NC[C@H]2CCO[C@@]2(c2cc(NC(=O)c3ccc(Cl)cn3)ccc2F)S1. The maximum Gasteiger partial charge on any atom is 0.274 e. The van der Waals surface area contributed by atoms with E-state index in [0.717, 1.165) is 6.42 Å². The number of nitrogens with zero attached hydrogens (tertiary/aromatic N) is 2. The van der Waals surface area contributed by atoms with Gasteiger partial charge in [-0.1, -0.05) is 11.6 Å². The van der Waals surface area contributed by atoms with Crippen LogP contribution in [0.4, 0.5) is 10.1 Å². The largest absolute Gasteiger partial charge is 0.378 e. The minimum absolute atomic E-state index is 0.0215. The summed E-state index contributed by atoms with van der Waals surface area (Å²) in [5.41, 5.74) is 6.90. The summed E-state index contributed by atoms with van der Waals surface area (Å²) in [7, 11) is 0. The third-order valence-electron chi connectivity index (χ3n) is 4.60. The number of nitrogens with two attached hydrogens (primary N) is 1. The summed E-state index contributed by atoms with van der Waals surface area (Å²) < 4.78 is 20.7. The molecule has 2 aromatic rings. The average Bonchev–Trinajstić information content (AvgIpc) is 3.07. The first-order valence-electron chi connectivity index (χ1n) is 8.34. The number of amidine groups is 1. The van der Waals surface area contributed by atoms with Crippen molar-refractivity contribution in [2.45, 2.75) is 11.4 Å². The van der Waals surface area contributed by atoms with Crippen LogP contribution < -0.4 is 11.1 Å². The zero-order valence-electron chi connectivity index (χ0n) is 14.1. The molecule has 27 heavy (non-hydrogen) atoms. The van der Waals surface area contributed by atoms with E-state index in [1.165, 1.54) is 36.2 Å². The molecule has 2 atom stereocenters. The first kappa shape index (κ1) is 18.2. The Kier molecular flexibility index (Phi) is 4.79. The van der Waals surface area contributed by atoms with Crippen LogP contribution in [0.5, 0.6) is 0 Å². The van der Waals surface area contributed by atoms with Gasteiger partial charge in [0.15, 0.2) is 10.1 Å². The van der Waals surface area contributed by atoms with Crippen LogP contribution in [0, 0.1) is 11.7 Å². The van der Waals surface area contributed by atoms with Crippen LogP contribution in [0.15, 0.2) is 41.5 Å². The maximum absolute atomic E-state index is 14.7. The molecule has 1 aromatic carbocycles. The Hall–Kier alpha value is -2.16. The number of benzene rings is 1. The van der Waals surface area contributed by atoms with E-state index in [9.17, 15) is 9.18 Å². The number of carbonyl (C=O) groups excluding carboxylic acids is 1. The predicted molar refractivity (Wildman–Crippen MR) is 103 cm³/mol. The van der Waals surface area contributed by atoms with E-state index in [-0.39, 0.29) is 11.6 Å². The quantitative estimate of drug-likeness (QED) is 0.815. The first-order chi connectivity index (χ1) is 13.0. The number of hydrogen-bond acceptors (Lipinski definition) is 6. The van der Waals surface area contributed by atoms with Gasteiger partial charge in [-0.3, -0.25) is 9.79 Å². The molecule has 0 unspecified atom stereocenters. The Bertz CT molecular complexity index is 924. The second kappa shape index (κ2) is 7.10. The highest BCUT2D eigenvalue weighted by Crippen LogP contribution is 2.52. The molecule has 0 radical (unpaired) electrons. The molecular weight excluding hydrogens is 391 g/mol. The summed E-state index contributed by atoms with van der Waals surface area (Å²) in [6.45, 7) is 0.995. The molecule has 3 N–H and O–H groups in total. The number of thioether (sulfide) groups is 1. The van der Waals surface area contributed by atoms with E-state index < -0.39 is 16.7 Å². The summed E-state index contributed by atoms with van der Waals surface area (Å²) in [4.78, 5) is 19.7. The van der Waals surface area contributed by atoms with Gasteiger partial charge >= 0.3 is 0 Å². The Morgan fingerprint density at radius 2 is 2.26 bits per heavy atom. The average molecular weight is 407 g/mol. The minimum atomic E-state index is -0.921. The number of halogens is 2. The number of aliphatic imine (C=N–C) groups is 1. The number of nitrogens with one attached hydrogen (secondary N) is 1. The van der Waals surface area contributed by atoms with Crippen LogP contribution in [0.1, 0.15) is 22.5 Å². The Morgan fingerprint density at radius 1 is 1.41 bits per heavy atom. The lowest BCUT2D eigenvalue weighted by atomic mass is 9.93. The molecule has 0 bridgehead atoms. The summed E-state index contributed by atoms with van der Waals surface area (Å²) in [5, 5.41) is 3.54. The standard InChI is InChI=1S/C18H16ClFN4O2S/c19-11-1-4-15(22-9-11)16(25)24-12-2-3-14(20)13(7-12)18-10(5-6-26-18)8-23-17(21)27-18/h1-4,7,9-10H,5-6,8H2,(H2,21,23)(H,24,25)/t10-,18-/m1/s1. The van der Waals surface area contributed by atoms with Gasteiger partial charge in [0.1, 0.15) is 11.5 Å². The van der Waals surface area contributed by atoms with Crippen LogP contribution in [0.2, 0.25) is 5.02 Å². The molecule has 2 aliphatic heterocycles. The smallest absolute Gasteiger partial charge is 0.274 e. The highest BCUT2D eigenvalue weighted by Gasteiger charge is 2.50. The van der Waals surface area contributed by atoms with Crippen LogP contribution >= 0.6 is 23.4 Å². The topological polar surface area (TPSA) is 89.6 Å². The van der Waals surface area contributed by atoms with E-state index in [1.807, 2.05) is 0 Å². The zero-order valence-corrected chi connectivity index (χ0v) is 15.7. The van der Waals surface area contributed by atoms with E-state index in [4.69, 9.17) is 22.1 Å². The van der Waals surface area contributed by atoms with E-state index in [0.29, 0.717) is 34.6 Å². The van der Waals surface area contributed by atoms with Crippen molar-refractivity contribution in [1.82, 2.24) is 4.98 Å². The van der Waals surface area contributed by atoms with E-state index in [2.05, 4.69) is 15.3 Å². The van der Waals surface area contributed by atoms with E-state index in [1.54, 1.807) is 12.1 Å². The molecule has 9 heteroatoms. The van der Waals surface area contributed by atoms with Crippen LogP contribution in [-0.2, 0) is 9.67 Å². The van der Waals surface area contributed by atoms with Crippen molar-refractivity contribution in [3.05, 3.63) is 58.6 Å². The normalized spacial score (nSPS) is 24.2. The van der Waals surface area contributed by atoms with E-state index >= 15 is 0 Å². The van der Waals surface area contributed by atoms with Gasteiger partial charge in [0.2, 0.25) is 0 Å². The summed E-state index contributed by atoms with van der Waals surface area (Å²) in [6.07, 6.45) is 2.16. The molecule has 4 rings (SSSR count). The number of amides is 1. The van der Waals surface area contributed by atoms with Gasteiger partial charge in [-0.2, -0.15) is 0 Å².